The van der Waals surface area contributed by atoms with Gasteiger partial charge in [0.2, 0.25) is 0 Å². The van der Waals surface area contributed by atoms with Crippen molar-refractivity contribution in [3.63, 3.8) is 0 Å². The third kappa shape index (κ3) is 6.22. The van der Waals surface area contributed by atoms with Crippen molar-refractivity contribution in [2.75, 3.05) is 5.32 Å². The van der Waals surface area contributed by atoms with Gasteiger partial charge in [-0.1, -0.05) is 41.9 Å². The van der Waals surface area contributed by atoms with E-state index in [4.69, 9.17) is 21.3 Å². The predicted molar refractivity (Wildman–Crippen MR) is 158 cm³/mol. The van der Waals surface area contributed by atoms with Crippen LogP contribution in [0.5, 0.6) is 5.75 Å². The Morgan fingerprint density at radius 2 is 1.86 bits per heavy atom. The van der Waals surface area contributed by atoms with Gasteiger partial charge in [0.25, 0.3) is 5.91 Å². The van der Waals surface area contributed by atoms with Crippen molar-refractivity contribution in [2.45, 2.75) is 32.3 Å². The maximum absolute atomic E-state index is 13.4. The number of thiophene rings is 1. The number of para-hydroxylation sites is 1. The maximum Gasteiger partial charge on any atom is 0.259 e. The molecular weight excluding hydrogens is 622 g/mol. The molecule has 4 aromatic rings. The number of amides is 1. The maximum atomic E-state index is 13.4. The first kappa shape index (κ1) is 25.9. The number of aryl methyl sites for hydroxylation is 1. The smallest absolute Gasteiger partial charge is 0.259 e. The number of nitrogens with zero attached hydrogens (tertiary/aromatic N) is 1. The van der Waals surface area contributed by atoms with Gasteiger partial charge < -0.3 is 10.1 Å². The number of carbonyl (C=O) groups excluding carboxylic acids is 1. The van der Waals surface area contributed by atoms with Crippen LogP contribution < -0.4 is 10.1 Å². The number of benzene rings is 3. The molecule has 0 bridgehead atoms. The first-order valence-corrected chi connectivity index (χ1v) is 14.2. The van der Waals surface area contributed by atoms with Crippen molar-refractivity contribution in [2.24, 2.45) is 4.99 Å². The largest absolute Gasteiger partial charge is 0.487 e. The molecule has 3 aromatic carbocycles. The Bertz CT molecular complexity index is 1460. The van der Waals surface area contributed by atoms with Crippen LogP contribution in [0, 0.1) is 9.39 Å². The fourth-order valence-electron chi connectivity index (χ4n) is 4.28. The summed E-state index contributed by atoms with van der Waals surface area (Å²) in [5.41, 5.74) is 4.05. The Kier molecular flexibility index (Phi) is 8.22. The van der Waals surface area contributed by atoms with Gasteiger partial charge in [0.05, 0.1) is 9.13 Å². The molecule has 37 heavy (non-hydrogen) atoms. The minimum atomic E-state index is -0.289. The molecule has 8 heteroatoms. The lowest BCUT2D eigenvalue weighted by molar-refractivity contribution is 0.102. The molecule has 4 nitrogen and oxygen atoms in total. The molecule has 0 saturated heterocycles. The van der Waals surface area contributed by atoms with Crippen molar-refractivity contribution >= 4 is 68.3 Å². The van der Waals surface area contributed by atoms with Gasteiger partial charge >= 0.3 is 0 Å². The highest BCUT2D eigenvalue weighted by atomic mass is 127. The molecule has 0 spiro atoms. The number of hydrogen-bond acceptors (Lipinski definition) is 4. The fourth-order valence-corrected chi connectivity index (χ4v) is 6.73. The Balaban J connectivity index is 1.46. The number of nitrogens with one attached hydrogen (secondary N) is 1. The lowest BCUT2D eigenvalue weighted by Gasteiger charge is -2.13. The normalized spacial score (nSPS) is 12.9. The van der Waals surface area contributed by atoms with Crippen LogP contribution in [0.15, 0.2) is 71.7 Å². The molecule has 0 radical (unpaired) electrons. The summed E-state index contributed by atoms with van der Waals surface area (Å²) < 4.78 is 20.2. The van der Waals surface area contributed by atoms with Crippen LogP contribution in [0.2, 0.25) is 5.02 Å². The first-order valence-electron chi connectivity index (χ1n) is 11.9. The number of ether oxygens (including phenoxy) is 1. The quantitative estimate of drug-likeness (QED) is 0.162. The zero-order valence-electron chi connectivity index (χ0n) is 19.8. The number of carbonyl (C=O) groups is 1. The summed E-state index contributed by atoms with van der Waals surface area (Å²) in [7, 11) is 0. The van der Waals surface area contributed by atoms with Crippen LogP contribution in [-0.4, -0.2) is 12.1 Å². The summed E-state index contributed by atoms with van der Waals surface area (Å²) in [6.45, 7) is 0.275. The molecule has 0 saturated carbocycles. The van der Waals surface area contributed by atoms with E-state index in [0.29, 0.717) is 26.9 Å². The van der Waals surface area contributed by atoms with Crippen molar-refractivity contribution in [1.82, 2.24) is 0 Å². The zero-order valence-corrected chi connectivity index (χ0v) is 23.5. The first-order chi connectivity index (χ1) is 18.0. The van der Waals surface area contributed by atoms with Crippen LogP contribution in [0.25, 0.3) is 0 Å². The second-order valence-corrected chi connectivity index (χ2v) is 11.4. The second kappa shape index (κ2) is 11.8. The number of anilines is 1. The third-order valence-corrected chi connectivity index (χ3v) is 8.29. The number of aliphatic imine (C=N–C) groups is 1. The van der Waals surface area contributed by atoms with Crippen LogP contribution in [0.1, 0.15) is 44.8 Å². The van der Waals surface area contributed by atoms with Gasteiger partial charge in [0, 0.05) is 27.4 Å². The van der Waals surface area contributed by atoms with E-state index in [1.54, 1.807) is 35.8 Å². The minimum absolute atomic E-state index is 0.147. The molecule has 0 aliphatic heterocycles. The van der Waals surface area contributed by atoms with E-state index in [0.717, 1.165) is 46.1 Å². The fraction of sp³-hybridized carbons (Fsp3) is 0.172. The average molecular weight is 645 g/mol. The molecule has 5 rings (SSSR count). The second-order valence-electron chi connectivity index (χ2n) is 8.69. The predicted octanol–water partition coefficient (Wildman–Crippen LogP) is 8.61. The van der Waals surface area contributed by atoms with Crippen molar-refractivity contribution in [3.8, 4) is 5.75 Å². The molecule has 0 fully saturated rings. The monoisotopic (exact) mass is 644 g/mol. The molecule has 1 aliphatic rings. The molecular formula is C29H23ClFIN2O2S. The molecule has 188 valence electrons. The van der Waals surface area contributed by atoms with Crippen molar-refractivity contribution in [1.29, 1.82) is 0 Å². The van der Waals surface area contributed by atoms with Gasteiger partial charge in [-0.25, -0.2) is 9.38 Å². The highest BCUT2D eigenvalue weighted by Gasteiger charge is 2.25. The minimum Gasteiger partial charge on any atom is -0.487 e. The summed E-state index contributed by atoms with van der Waals surface area (Å²) in [4.78, 5) is 19.4. The van der Waals surface area contributed by atoms with Crippen molar-refractivity contribution < 1.29 is 13.9 Å². The summed E-state index contributed by atoms with van der Waals surface area (Å²) >= 11 is 10.1. The number of halogens is 3. The highest BCUT2D eigenvalue weighted by Crippen LogP contribution is 2.40. The van der Waals surface area contributed by atoms with Crippen molar-refractivity contribution in [3.05, 3.63) is 108 Å². The van der Waals surface area contributed by atoms with Gasteiger partial charge in [-0.2, -0.15) is 0 Å². The van der Waals surface area contributed by atoms with Gasteiger partial charge in [0.15, 0.2) is 0 Å². The summed E-state index contributed by atoms with van der Waals surface area (Å²) in [5, 5.41) is 4.27. The third-order valence-electron chi connectivity index (χ3n) is 6.07. The van der Waals surface area contributed by atoms with E-state index >= 15 is 0 Å². The average Bonchev–Trinajstić information content (AvgIpc) is 3.27. The molecule has 1 amide bonds. The number of fused-ring (bicyclic) bond motifs is 1. The van der Waals surface area contributed by atoms with Gasteiger partial charge in [0.1, 0.15) is 23.2 Å². The lowest BCUT2D eigenvalue weighted by Crippen LogP contribution is -2.14. The zero-order chi connectivity index (χ0) is 25.8. The van der Waals surface area contributed by atoms with E-state index in [1.807, 2.05) is 36.4 Å². The topological polar surface area (TPSA) is 50.7 Å². The summed E-state index contributed by atoms with van der Waals surface area (Å²) in [6, 6.07) is 19.3. The van der Waals surface area contributed by atoms with Gasteiger partial charge in [-0.3, -0.25) is 4.79 Å². The Hall–Kier alpha value is -2.75. The van der Waals surface area contributed by atoms with Gasteiger partial charge in [-0.05, 0) is 95.8 Å². The van der Waals surface area contributed by atoms with E-state index in [1.165, 1.54) is 17.0 Å². The van der Waals surface area contributed by atoms with Crippen LogP contribution in [-0.2, 0) is 19.4 Å². The molecule has 0 atom stereocenters. The molecule has 1 N–H and O–H groups in total. The van der Waals surface area contributed by atoms with Gasteiger partial charge in [-0.15, -0.1) is 11.3 Å². The molecule has 1 aliphatic carbocycles. The van der Waals surface area contributed by atoms with E-state index in [9.17, 15) is 9.18 Å². The molecule has 0 unspecified atom stereocenters. The van der Waals surface area contributed by atoms with Crippen LogP contribution in [0.4, 0.5) is 15.1 Å². The Labute approximate surface area is 237 Å². The van der Waals surface area contributed by atoms with Crippen LogP contribution in [0.3, 0.4) is 0 Å². The van der Waals surface area contributed by atoms with E-state index in [-0.39, 0.29) is 18.3 Å². The summed E-state index contributed by atoms with van der Waals surface area (Å²) in [6.07, 6.45) is 5.73. The Morgan fingerprint density at radius 1 is 1.11 bits per heavy atom. The summed E-state index contributed by atoms with van der Waals surface area (Å²) in [5.74, 6) is 0.198. The Morgan fingerprint density at radius 3 is 2.65 bits per heavy atom. The standard InChI is InChI=1S/C29H23ClFIN2O2S/c30-20-14-19(27(24(32)15-20)36-17-18-10-12-21(31)13-11-18)16-33-29-26(23-8-4-5-9-25(23)37-29)28(35)34-22-6-2-1-3-7-22/h1-3,6-7,10-16H,4-5,8-9,17H2,(H,34,35). The SMILES string of the molecule is O=C(Nc1ccccc1)c1c(N=Cc2cc(Cl)cc(I)c2OCc2ccc(F)cc2)sc2c1CCCC2. The lowest BCUT2D eigenvalue weighted by atomic mass is 9.95. The van der Waals surface area contributed by atoms with Crippen LogP contribution >= 0.6 is 45.5 Å². The highest BCUT2D eigenvalue weighted by molar-refractivity contribution is 14.1. The van der Waals surface area contributed by atoms with E-state index in [2.05, 4.69) is 27.9 Å². The number of rotatable bonds is 7. The van der Waals surface area contributed by atoms with E-state index < -0.39 is 0 Å². The molecule has 1 aromatic heterocycles. The molecule has 1 heterocycles. The number of hydrogen-bond donors (Lipinski definition) is 1.